The van der Waals surface area contributed by atoms with Crippen molar-refractivity contribution in [3.63, 3.8) is 0 Å². The quantitative estimate of drug-likeness (QED) is 0.715. The van der Waals surface area contributed by atoms with Crippen LogP contribution in [-0.4, -0.2) is 21.2 Å². The van der Waals surface area contributed by atoms with Crippen LogP contribution in [0, 0.1) is 0 Å². The molecule has 2 aromatic heterocycles. The first-order valence-corrected chi connectivity index (χ1v) is 10.3. The Balaban J connectivity index is 1.40. The summed E-state index contributed by atoms with van der Waals surface area (Å²) in [6, 6.07) is 12.0. The Morgan fingerprint density at radius 2 is 2.07 bits per heavy atom. The number of nitrogens with one attached hydrogen (secondary N) is 1. The molecule has 0 spiro atoms. The predicted octanol–water partition coefficient (Wildman–Crippen LogP) is 2.89. The molecule has 0 unspecified atom stereocenters. The molecule has 138 valence electrons. The number of para-hydroxylation sites is 1. The van der Waals surface area contributed by atoms with Crippen LogP contribution in [0.4, 0.5) is 0 Å². The second kappa shape index (κ2) is 7.96. The SMILES string of the molecule is O=C(CSCc1cc2cccc3c2n(c1=O)CCC3)NCc1ccncc1. The van der Waals surface area contributed by atoms with Gasteiger partial charge in [0.25, 0.3) is 5.56 Å². The van der Waals surface area contributed by atoms with Crippen molar-refractivity contribution in [1.82, 2.24) is 14.9 Å². The number of hydrogen-bond acceptors (Lipinski definition) is 4. The van der Waals surface area contributed by atoms with Crippen LogP contribution in [-0.2, 0) is 30.1 Å². The topological polar surface area (TPSA) is 64.0 Å². The number of amides is 1. The summed E-state index contributed by atoms with van der Waals surface area (Å²) in [7, 11) is 0. The standard InChI is InChI=1S/C21H21N3O2S/c25-19(23-12-15-6-8-22-9-7-15)14-27-13-18-11-17-4-1-3-16-5-2-10-24(20(16)17)21(18)26/h1,3-4,6-9,11H,2,5,10,12-14H2,(H,23,25). The first kappa shape index (κ1) is 17.8. The van der Waals surface area contributed by atoms with Gasteiger partial charge in [0.05, 0.1) is 11.3 Å². The monoisotopic (exact) mass is 379 g/mol. The molecule has 1 aliphatic heterocycles. The first-order valence-electron chi connectivity index (χ1n) is 9.10. The zero-order valence-corrected chi connectivity index (χ0v) is 15.8. The molecule has 1 N–H and O–H groups in total. The molecule has 0 aliphatic carbocycles. The molecule has 1 aliphatic rings. The maximum absolute atomic E-state index is 12.8. The van der Waals surface area contributed by atoms with E-state index in [1.165, 1.54) is 17.3 Å². The Morgan fingerprint density at radius 3 is 2.93 bits per heavy atom. The number of aromatic nitrogens is 2. The molecule has 3 aromatic rings. The second-order valence-electron chi connectivity index (χ2n) is 6.71. The van der Waals surface area contributed by atoms with Gasteiger partial charge in [-0.2, -0.15) is 0 Å². The number of nitrogens with zero attached hydrogens (tertiary/aromatic N) is 2. The molecule has 1 amide bonds. The fourth-order valence-corrected chi connectivity index (χ4v) is 4.35. The Bertz CT molecular complexity index is 1030. The average Bonchev–Trinajstić information content (AvgIpc) is 2.71. The minimum absolute atomic E-state index is 0.0265. The van der Waals surface area contributed by atoms with Gasteiger partial charge in [0.2, 0.25) is 5.91 Å². The fraction of sp³-hybridized carbons (Fsp3) is 0.286. The van der Waals surface area contributed by atoms with E-state index in [-0.39, 0.29) is 11.5 Å². The summed E-state index contributed by atoms with van der Waals surface area (Å²) in [6.45, 7) is 1.27. The molecular weight excluding hydrogens is 358 g/mol. The van der Waals surface area contributed by atoms with Gasteiger partial charge in [0.1, 0.15) is 0 Å². The number of benzene rings is 1. The van der Waals surface area contributed by atoms with Crippen LogP contribution in [0.15, 0.2) is 53.6 Å². The Hall–Kier alpha value is -2.60. The smallest absolute Gasteiger partial charge is 0.255 e. The summed E-state index contributed by atoms with van der Waals surface area (Å²) in [5, 5.41) is 4.01. The second-order valence-corrected chi connectivity index (χ2v) is 7.70. The van der Waals surface area contributed by atoms with Crippen molar-refractivity contribution in [2.75, 3.05) is 5.75 Å². The van der Waals surface area contributed by atoms with E-state index in [0.29, 0.717) is 18.1 Å². The lowest BCUT2D eigenvalue weighted by Crippen LogP contribution is -2.27. The van der Waals surface area contributed by atoms with Crippen molar-refractivity contribution in [2.24, 2.45) is 0 Å². The average molecular weight is 379 g/mol. The molecule has 0 bridgehead atoms. The van der Waals surface area contributed by atoms with Crippen LogP contribution in [0.3, 0.4) is 0 Å². The third-order valence-electron chi connectivity index (χ3n) is 4.83. The Kier molecular flexibility index (Phi) is 5.25. The minimum atomic E-state index is -0.0265. The van der Waals surface area contributed by atoms with Crippen molar-refractivity contribution in [1.29, 1.82) is 0 Å². The van der Waals surface area contributed by atoms with Gasteiger partial charge in [-0.05, 0) is 47.6 Å². The van der Waals surface area contributed by atoms with E-state index in [0.717, 1.165) is 41.4 Å². The van der Waals surface area contributed by atoms with Gasteiger partial charge in [-0.3, -0.25) is 14.6 Å². The lowest BCUT2D eigenvalue weighted by molar-refractivity contribution is -0.118. The number of pyridine rings is 2. The van der Waals surface area contributed by atoms with Crippen LogP contribution in [0.2, 0.25) is 0 Å². The van der Waals surface area contributed by atoms with E-state index >= 15 is 0 Å². The van der Waals surface area contributed by atoms with E-state index in [2.05, 4.69) is 28.5 Å². The molecule has 6 heteroatoms. The van der Waals surface area contributed by atoms with Gasteiger partial charge < -0.3 is 9.88 Å². The van der Waals surface area contributed by atoms with Crippen LogP contribution in [0.5, 0.6) is 0 Å². The molecule has 4 rings (SSSR count). The predicted molar refractivity (Wildman–Crippen MR) is 109 cm³/mol. The summed E-state index contributed by atoms with van der Waals surface area (Å²) < 4.78 is 1.91. The van der Waals surface area contributed by atoms with Crippen LogP contribution in [0.1, 0.15) is 23.1 Å². The van der Waals surface area contributed by atoms with Gasteiger partial charge in [0, 0.05) is 36.8 Å². The lowest BCUT2D eigenvalue weighted by Gasteiger charge is -2.20. The number of hydrogen-bond donors (Lipinski definition) is 1. The number of aryl methyl sites for hydroxylation is 2. The van der Waals surface area contributed by atoms with Crippen LogP contribution >= 0.6 is 11.8 Å². The maximum atomic E-state index is 12.8. The molecule has 0 fully saturated rings. The van der Waals surface area contributed by atoms with Crippen molar-refractivity contribution in [3.05, 3.63) is 75.8 Å². The van der Waals surface area contributed by atoms with Gasteiger partial charge in [-0.1, -0.05) is 18.2 Å². The summed E-state index contributed by atoms with van der Waals surface area (Å²) in [5.74, 6) is 0.853. The van der Waals surface area contributed by atoms with E-state index < -0.39 is 0 Å². The number of carbonyl (C=O) groups is 1. The Morgan fingerprint density at radius 1 is 1.22 bits per heavy atom. The number of thioether (sulfide) groups is 1. The molecular formula is C21H21N3O2S. The van der Waals surface area contributed by atoms with Crippen molar-refractivity contribution >= 4 is 28.6 Å². The minimum Gasteiger partial charge on any atom is -0.351 e. The normalized spacial score (nSPS) is 12.9. The first-order chi connectivity index (χ1) is 13.2. The highest BCUT2D eigenvalue weighted by Crippen LogP contribution is 2.25. The largest absolute Gasteiger partial charge is 0.351 e. The summed E-state index contributed by atoms with van der Waals surface area (Å²) in [6.07, 6.45) is 5.45. The summed E-state index contributed by atoms with van der Waals surface area (Å²) in [5.41, 5.74) is 4.21. The van der Waals surface area contributed by atoms with Gasteiger partial charge >= 0.3 is 0 Å². The molecule has 27 heavy (non-hydrogen) atoms. The zero-order chi connectivity index (χ0) is 18.6. The van der Waals surface area contributed by atoms with Gasteiger partial charge in [0.15, 0.2) is 0 Å². The summed E-state index contributed by atoms with van der Waals surface area (Å²) >= 11 is 1.48. The van der Waals surface area contributed by atoms with E-state index in [4.69, 9.17) is 0 Å². The number of carbonyl (C=O) groups excluding carboxylic acids is 1. The molecule has 5 nitrogen and oxygen atoms in total. The lowest BCUT2D eigenvalue weighted by atomic mass is 10.0. The molecule has 0 radical (unpaired) electrons. The maximum Gasteiger partial charge on any atom is 0.255 e. The van der Waals surface area contributed by atoms with Crippen molar-refractivity contribution in [2.45, 2.75) is 31.7 Å². The van der Waals surface area contributed by atoms with Crippen molar-refractivity contribution < 1.29 is 4.79 Å². The van der Waals surface area contributed by atoms with E-state index in [1.807, 2.05) is 22.8 Å². The molecule has 0 saturated heterocycles. The highest BCUT2D eigenvalue weighted by molar-refractivity contribution is 7.99. The van der Waals surface area contributed by atoms with Crippen LogP contribution in [0.25, 0.3) is 10.9 Å². The van der Waals surface area contributed by atoms with Gasteiger partial charge in [-0.15, -0.1) is 11.8 Å². The highest BCUT2D eigenvalue weighted by atomic mass is 32.2. The zero-order valence-electron chi connectivity index (χ0n) is 15.0. The molecule has 3 heterocycles. The fourth-order valence-electron chi connectivity index (χ4n) is 3.53. The van der Waals surface area contributed by atoms with Gasteiger partial charge in [-0.25, -0.2) is 0 Å². The summed E-state index contributed by atoms with van der Waals surface area (Å²) in [4.78, 5) is 28.8. The molecule has 0 atom stereocenters. The van der Waals surface area contributed by atoms with E-state index in [1.54, 1.807) is 12.4 Å². The highest BCUT2D eigenvalue weighted by Gasteiger charge is 2.16. The molecule has 1 aromatic carbocycles. The van der Waals surface area contributed by atoms with E-state index in [9.17, 15) is 9.59 Å². The van der Waals surface area contributed by atoms with Crippen molar-refractivity contribution in [3.8, 4) is 0 Å². The Labute approximate surface area is 161 Å². The molecule has 0 saturated carbocycles. The third kappa shape index (κ3) is 3.90. The number of rotatable bonds is 6. The van der Waals surface area contributed by atoms with Crippen LogP contribution < -0.4 is 10.9 Å². The third-order valence-corrected chi connectivity index (χ3v) is 5.81.